The van der Waals surface area contributed by atoms with Gasteiger partial charge in [-0.3, -0.25) is 9.20 Å². The van der Waals surface area contributed by atoms with Crippen molar-refractivity contribution in [2.45, 2.75) is 25.6 Å². The van der Waals surface area contributed by atoms with Crippen molar-refractivity contribution in [3.63, 3.8) is 0 Å². The summed E-state index contributed by atoms with van der Waals surface area (Å²) in [5.74, 6) is 6.60. The summed E-state index contributed by atoms with van der Waals surface area (Å²) in [6.07, 6.45) is 4.12. The lowest BCUT2D eigenvalue weighted by molar-refractivity contribution is -0.125. The number of aromatic nitrogens is 2. The van der Waals surface area contributed by atoms with Crippen LogP contribution in [-0.2, 0) is 4.79 Å². The number of nitrogens with zero attached hydrogens (tertiary/aromatic N) is 3. The van der Waals surface area contributed by atoms with Gasteiger partial charge < -0.3 is 20.4 Å². The number of carbonyl (C=O) groups is 1. The molecule has 2 aromatic rings. The van der Waals surface area contributed by atoms with Crippen LogP contribution in [0.15, 0.2) is 24.5 Å². The number of imidazole rings is 1. The number of rotatable bonds is 3. The SMILES string of the molecule is O=C1CCN(c2cnc3cc(C#CCCCO)ccn23)C(O)N1. The quantitative estimate of drug-likeness (QED) is 0.551. The maximum Gasteiger partial charge on any atom is 0.225 e. The molecule has 120 valence electrons. The molecule has 3 rings (SSSR count). The first-order valence-electron chi connectivity index (χ1n) is 7.50. The van der Waals surface area contributed by atoms with Gasteiger partial charge in [0.25, 0.3) is 0 Å². The number of hydrogen-bond acceptors (Lipinski definition) is 5. The molecule has 7 heteroatoms. The molecule has 0 aromatic carbocycles. The average Bonchev–Trinajstić information content (AvgIpc) is 2.95. The minimum atomic E-state index is -1.05. The molecular weight excluding hydrogens is 296 g/mol. The Balaban J connectivity index is 1.84. The minimum absolute atomic E-state index is 0.145. The zero-order valence-electron chi connectivity index (χ0n) is 12.6. The van der Waals surface area contributed by atoms with Gasteiger partial charge in [-0.15, -0.1) is 0 Å². The van der Waals surface area contributed by atoms with E-state index in [1.54, 1.807) is 11.1 Å². The van der Waals surface area contributed by atoms with Crippen molar-refractivity contribution in [2.75, 3.05) is 18.1 Å². The van der Waals surface area contributed by atoms with E-state index < -0.39 is 6.35 Å². The highest BCUT2D eigenvalue weighted by Gasteiger charge is 2.26. The molecule has 1 fully saturated rings. The van der Waals surface area contributed by atoms with E-state index in [-0.39, 0.29) is 12.5 Å². The molecule has 1 aliphatic heterocycles. The molecular formula is C16H18N4O3. The van der Waals surface area contributed by atoms with Crippen LogP contribution in [0.2, 0.25) is 0 Å². The Morgan fingerprint density at radius 1 is 1.48 bits per heavy atom. The van der Waals surface area contributed by atoms with E-state index in [4.69, 9.17) is 5.11 Å². The first-order valence-corrected chi connectivity index (χ1v) is 7.50. The second-order valence-electron chi connectivity index (χ2n) is 5.27. The van der Waals surface area contributed by atoms with E-state index in [9.17, 15) is 9.90 Å². The number of nitrogens with one attached hydrogen (secondary N) is 1. The number of aliphatic hydroxyl groups is 2. The molecule has 3 heterocycles. The number of carbonyl (C=O) groups excluding carboxylic acids is 1. The van der Waals surface area contributed by atoms with Crippen LogP contribution in [0.3, 0.4) is 0 Å². The molecule has 0 saturated carbocycles. The highest BCUT2D eigenvalue weighted by atomic mass is 16.3. The molecule has 23 heavy (non-hydrogen) atoms. The largest absolute Gasteiger partial charge is 0.396 e. The number of hydrogen-bond donors (Lipinski definition) is 3. The predicted molar refractivity (Wildman–Crippen MR) is 84.5 cm³/mol. The first-order chi connectivity index (χ1) is 11.2. The number of pyridine rings is 1. The van der Waals surface area contributed by atoms with Gasteiger partial charge in [-0.05, 0) is 18.6 Å². The smallest absolute Gasteiger partial charge is 0.225 e. The summed E-state index contributed by atoms with van der Waals surface area (Å²) in [4.78, 5) is 17.3. The van der Waals surface area contributed by atoms with Gasteiger partial charge in [0.05, 0.1) is 6.20 Å². The van der Waals surface area contributed by atoms with Crippen molar-refractivity contribution in [1.29, 1.82) is 0 Å². The molecule has 7 nitrogen and oxygen atoms in total. The average molecular weight is 314 g/mol. The number of fused-ring (bicyclic) bond motifs is 1. The summed E-state index contributed by atoms with van der Waals surface area (Å²) < 4.78 is 1.85. The van der Waals surface area contributed by atoms with Gasteiger partial charge in [0, 0.05) is 37.8 Å². The van der Waals surface area contributed by atoms with Crippen molar-refractivity contribution < 1.29 is 15.0 Å². The second-order valence-corrected chi connectivity index (χ2v) is 5.27. The van der Waals surface area contributed by atoms with Gasteiger partial charge in [-0.1, -0.05) is 11.8 Å². The van der Waals surface area contributed by atoms with Crippen LogP contribution in [0.4, 0.5) is 5.82 Å². The summed E-state index contributed by atoms with van der Waals surface area (Å²) in [5.41, 5.74) is 1.57. The fourth-order valence-corrected chi connectivity index (χ4v) is 2.47. The molecule has 0 bridgehead atoms. The van der Waals surface area contributed by atoms with E-state index in [1.807, 2.05) is 22.7 Å². The highest BCUT2D eigenvalue weighted by Crippen LogP contribution is 2.20. The molecule has 0 spiro atoms. The molecule has 2 aromatic heterocycles. The predicted octanol–water partition coefficient (Wildman–Crippen LogP) is 0.0605. The van der Waals surface area contributed by atoms with Crippen LogP contribution in [0.1, 0.15) is 24.8 Å². The Kier molecular flexibility index (Phi) is 4.46. The number of unbranched alkanes of at least 4 members (excludes halogenated alkanes) is 1. The van der Waals surface area contributed by atoms with Crippen molar-refractivity contribution in [3.05, 3.63) is 30.1 Å². The summed E-state index contributed by atoms with van der Waals surface area (Å²) in [6, 6.07) is 3.74. The zero-order chi connectivity index (χ0) is 16.2. The topological polar surface area (TPSA) is 90.1 Å². The van der Waals surface area contributed by atoms with Gasteiger partial charge in [-0.2, -0.15) is 0 Å². The van der Waals surface area contributed by atoms with Crippen molar-refractivity contribution in [2.24, 2.45) is 0 Å². The third-order valence-electron chi connectivity index (χ3n) is 3.65. The maximum atomic E-state index is 11.3. The maximum absolute atomic E-state index is 11.3. The van der Waals surface area contributed by atoms with Gasteiger partial charge >= 0.3 is 0 Å². The van der Waals surface area contributed by atoms with Crippen LogP contribution in [0.25, 0.3) is 5.65 Å². The number of aliphatic hydroxyl groups excluding tert-OH is 2. The van der Waals surface area contributed by atoms with Gasteiger partial charge in [0.2, 0.25) is 12.3 Å². The third-order valence-corrected chi connectivity index (χ3v) is 3.65. The van der Waals surface area contributed by atoms with Gasteiger partial charge in [0.1, 0.15) is 11.5 Å². The lowest BCUT2D eigenvalue weighted by atomic mass is 10.2. The molecule has 1 atom stereocenters. The van der Waals surface area contributed by atoms with Gasteiger partial charge in [0.15, 0.2) is 0 Å². The summed E-state index contributed by atoms with van der Waals surface area (Å²) >= 11 is 0. The summed E-state index contributed by atoms with van der Waals surface area (Å²) in [7, 11) is 0. The van der Waals surface area contributed by atoms with Crippen LogP contribution in [0, 0.1) is 11.8 Å². The normalized spacial score (nSPS) is 17.7. The molecule has 1 saturated heterocycles. The molecule has 1 unspecified atom stereocenters. The van der Waals surface area contributed by atoms with Crippen LogP contribution < -0.4 is 10.2 Å². The zero-order valence-corrected chi connectivity index (χ0v) is 12.6. The van der Waals surface area contributed by atoms with E-state index in [2.05, 4.69) is 22.1 Å². The lowest BCUT2D eigenvalue weighted by Gasteiger charge is -2.33. The molecule has 1 aliphatic rings. The highest BCUT2D eigenvalue weighted by molar-refractivity contribution is 5.78. The third kappa shape index (κ3) is 3.28. The Morgan fingerprint density at radius 2 is 2.35 bits per heavy atom. The van der Waals surface area contributed by atoms with Gasteiger partial charge in [-0.25, -0.2) is 4.98 Å². The van der Waals surface area contributed by atoms with E-state index in [1.165, 1.54) is 0 Å². The van der Waals surface area contributed by atoms with Crippen LogP contribution in [0.5, 0.6) is 0 Å². The van der Waals surface area contributed by atoms with Crippen molar-refractivity contribution >= 4 is 17.4 Å². The van der Waals surface area contributed by atoms with Crippen LogP contribution in [-0.4, -0.2) is 45.0 Å². The fourth-order valence-electron chi connectivity index (χ4n) is 2.47. The molecule has 0 aliphatic carbocycles. The van der Waals surface area contributed by atoms with E-state index in [0.717, 1.165) is 11.2 Å². The number of amides is 1. The minimum Gasteiger partial charge on any atom is -0.396 e. The molecule has 0 radical (unpaired) electrons. The monoisotopic (exact) mass is 314 g/mol. The second kappa shape index (κ2) is 6.69. The fraction of sp³-hybridized carbons (Fsp3) is 0.375. The van der Waals surface area contributed by atoms with Crippen molar-refractivity contribution in [3.8, 4) is 11.8 Å². The van der Waals surface area contributed by atoms with Crippen LogP contribution >= 0.6 is 0 Å². The Hall–Kier alpha value is -2.56. The summed E-state index contributed by atoms with van der Waals surface area (Å²) in [6.45, 7) is 0.579. The standard InChI is InChI=1S/C16H18N4O3/c21-9-3-1-2-4-12-5-7-19-13(10-12)17-11-15(19)20-8-6-14(22)18-16(20)23/h5,7,10-11,16,21,23H,1,3,6,8-9H2,(H,18,22). The number of anilines is 1. The molecule has 3 N–H and O–H groups in total. The Morgan fingerprint density at radius 3 is 3.13 bits per heavy atom. The summed E-state index contributed by atoms with van der Waals surface area (Å²) in [5, 5.41) is 21.2. The lowest BCUT2D eigenvalue weighted by Crippen LogP contribution is -2.54. The van der Waals surface area contributed by atoms with Crippen molar-refractivity contribution in [1.82, 2.24) is 14.7 Å². The van der Waals surface area contributed by atoms with E-state index in [0.29, 0.717) is 31.6 Å². The Bertz CT molecular complexity index is 774. The van der Waals surface area contributed by atoms with E-state index >= 15 is 0 Å². The Labute approximate surface area is 133 Å². The molecule has 1 amide bonds. The first kappa shape index (κ1) is 15.3.